The molecular formula is C17H25N. The van der Waals surface area contributed by atoms with Crippen LogP contribution in [0.3, 0.4) is 0 Å². The molecule has 0 saturated carbocycles. The summed E-state index contributed by atoms with van der Waals surface area (Å²) in [5.74, 6) is 0. The number of aryl methyl sites for hydroxylation is 1. The zero-order valence-electron chi connectivity index (χ0n) is 12.0. The summed E-state index contributed by atoms with van der Waals surface area (Å²) < 4.78 is 0. The van der Waals surface area contributed by atoms with E-state index in [2.05, 4.69) is 49.9 Å². The molecule has 0 atom stereocenters. The van der Waals surface area contributed by atoms with Crippen LogP contribution in [-0.2, 0) is 0 Å². The molecule has 1 aliphatic heterocycles. The summed E-state index contributed by atoms with van der Waals surface area (Å²) in [5.41, 5.74) is 6.02. The van der Waals surface area contributed by atoms with Crippen LogP contribution in [0.1, 0.15) is 44.2 Å². The molecule has 1 aromatic carbocycles. The van der Waals surface area contributed by atoms with Crippen LogP contribution in [0.2, 0.25) is 0 Å². The van der Waals surface area contributed by atoms with E-state index in [4.69, 9.17) is 0 Å². The van der Waals surface area contributed by atoms with Gasteiger partial charge in [0.2, 0.25) is 0 Å². The molecule has 1 aromatic rings. The van der Waals surface area contributed by atoms with Crippen LogP contribution in [-0.4, -0.2) is 24.5 Å². The number of benzene rings is 1. The highest BCUT2D eigenvalue weighted by atomic mass is 15.1. The van der Waals surface area contributed by atoms with E-state index in [0.29, 0.717) is 0 Å². The van der Waals surface area contributed by atoms with E-state index in [1.807, 2.05) is 0 Å². The first-order valence-corrected chi connectivity index (χ1v) is 7.19. The molecule has 1 nitrogen and oxygen atoms in total. The van der Waals surface area contributed by atoms with Crippen molar-refractivity contribution >= 4 is 5.57 Å². The third-order valence-corrected chi connectivity index (χ3v) is 3.95. The second kappa shape index (κ2) is 6.19. The molecular weight excluding hydrogens is 218 g/mol. The van der Waals surface area contributed by atoms with Crippen LogP contribution in [0.4, 0.5) is 0 Å². The van der Waals surface area contributed by atoms with Gasteiger partial charge in [0.15, 0.2) is 0 Å². The van der Waals surface area contributed by atoms with Gasteiger partial charge in [-0.05, 0) is 49.9 Å². The van der Waals surface area contributed by atoms with Crippen molar-refractivity contribution in [3.63, 3.8) is 0 Å². The molecule has 0 radical (unpaired) electrons. The monoisotopic (exact) mass is 243 g/mol. The van der Waals surface area contributed by atoms with E-state index >= 15 is 0 Å². The van der Waals surface area contributed by atoms with Crippen LogP contribution in [0, 0.1) is 6.92 Å². The molecule has 0 amide bonds. The quantitative estimate of drug-likeness (QED) is 0.763. The average Bonchev–Trinajstić information content (AvgIpc) is 2.38. The van der Waals surface area contributed by atoms with Crippen molar-refractivity contribution in [2.45, 2.75) is 40.0 Å². The fourth-order valence-corrected chi connectivity index (χ4v) is 2.84. The molecule has 1 aliphatic rings. The maximum absolute atomic E-state index is 2.60. The van der Waals surface area contributed by atoms with Crippen LogP contribution in [0.5, 0.6) is 0 Å². The van der Waals surface area contributed by atoms with E-state index in [1.165, 1.54) is 43.5 Å². The molecule has 0 aromatic heterocycles. The Balaban J connectivity index is 2.13. The Kier molecular flexibility index (Phi) is 4.60. The average molecular weight is 243 g/mol. The van der Waals surface area contributed by atoms with Gasteiger partial charge in [-0.1, -0.05) is 43.2 Å². The summed E-state index contributed by atoms with van der Waals surface area (Å²) >= 11 is 0. The Morgan fingerprint density at radius 3 is 2.61 bits per heavy atom. The molecule has 0 bridgehead atoms. The highest BCUT2D eigenvalue weighted by Crippen LogP contribution is 2.29. The molecule has 1 heteroatoms. The predicted molar refractivity (Wildman–Crippen MR) is 79.7 cm³/mol. The molecule has 0 saturated heterocycles. The van der Waals surface area contributed by atoms with Gasteiger partial charge in [-0.25, -0.2) is 0 Å². The molecule has 0 unspecified atom stereocenters. The highest BCUT2D eigenvalue weighted by molar-refractivity contribution is 5.71. The number of rotatable bonds is 4. The first-order valence-electron chi connectivity index (χ1n) is 7.19. The van der Waals surface area contributed by atoms with E-state index in [0.717, 1.165) is 6.54 Å². The lowest BCUT2D eigenvalue weighted by Gasteiger charge is -2.30. The van der Waals surface area contributed by atoms with Gasteiger partial charge in [-0.2, -0.15) is 0 Å². The zero-order valence-corrected chi connectivity index (χ0v) is 12.0. The zero-order chi connectivity index (χ0) is 13.0. The second-order valence-corrected chi connectivity index (χ2v) is 5.45. The van der Waals surface area contributed by atoms with Crippen LogP contribution in [0.25, 0.3) is 5.57 Å². The van der Waals surface area contributed by atoms with Crippen molar-refractivity contribution in [1.29, 1.82) is 0 Å². The van der Waals surface area contributed by atoms with Gasteiger partial charge in [0.25, 0.3) is 0 Å². The summed E-state index contributed by atoms with van der Waals surface area (Å²) in [6, 6.07) is 8.78. The lowest BCUT2D eigenvalue weighted by molar-refractivity contribution is 0.289. The van der Waals surface area contributed by atoms with Crippen LogP contribution in [0.15, 0.2) is 29.8 Å². The Bertz CT molecular complexity index is 431. The molecule has 98 valence electrons. The number of hydrogen-bond acceptors (Lipinski definition) is 1. The Hall–Kier alpha value is -1.08. The third-order valence-electron chi connectivity index (χ3n) is 3.95. The topological polar surface area (TPSA) is 3.24 Å². The fraction of sp³-hybridized carbons (Fsp3) is 0.529. The first kappa shape index (κ1) is 13.4. The van der Waals surface area contributed by atoms with Crippen LogP contribution < -0.4 is 0 Å². The summed E-state index contributed by atoms with van der Waals surface area (Å²) in [4.78, 5) is 2.60. The largest absolute Gasteiger partial charge is 0.299 e. The van der Waals surface area contributed by atoms with E-state index in [-0.39, 0.29) is 0 Å². The Morgan fingerprint density at radius 1 is 1.17 bits per heavy atom. The minimum absolute atomic E-state index is 1.16. The van der Waals surface area contributed by atoms with Gasteiger partial charge in [-0.15, -0.1) is 0 Å². The van der Waals surface area contributed by atoms with Crippen molar-refractivity contribution in [2.24, 2.45) is 0 Å². The summed E-state index contributed by atoms with van der Waals surface area (Å²) in [5, 5.41) is 0. The van der Waals surface area contributed by atoms with Crippen molar-refractivity contribution in [2.75, 3.05) is 19.6 Å². The number of nitrogens with zero attached hydrogens (tertiary/aromatic N) is 1. The lowest BCUT2D eigenvalue weighted by Crippen LogP contribution is -2.31. The number of unbranched alkanes of at least 4 members (excludes halogenated alkanes) is 1. The summed E-state index contributed by atoms with van der Waals surface area (Å²) in [6.45, 7) is 10.4. The van der Waals surface area contributed by atoms with Gasteiger partial charge in [-0.3, -0.25) is 4.90 Å². The van der Waals surface area contributed by atoms with Crippen molar-refractivity contribution in [3.05, 3.63) is 41.0 Å². The second-order valence-electron chi connectivity index (χ2n) is 5.45. The van der Waals surface area contributed by atoms with E-state index in [9.17, 15) is 0 Å². The third kappa shape index (κ3) is 3.02. The van der Waals surface area contributed by atoms with Gasteiger partial charge in [0, 0.05) is 13.1 Å². The van der Waals surface area contributed by atoms with Crippen LogP contribution >= 0.6 is 0 Å². The summed E-state index contributed by atoms with van der Waals surface area (Å²) in [6.07, 6.45) is 3.83. The molecule has 0 aliphatic carbocycles. The molecule has 0 N–H and O–H groups in total. The van der Waals surface area contributed by atoms with Crippen molar-refractivity contribution in [1.82, 2.24) is 4.90 Å². The van der Waals surface area contributed by atoms with Gasteiger partial charge in [0.1, 0.15) is 0 Å². The van der Waals surface area contributed by atoms with Gasteiger partial charge >= 0.3 is 0 Å². The highest BCUT2D eigenvalue weighted by Gasteiger charge is 2.17. The minimum atomic E-state index is 1.16. The predicted octanol–water partition coefficient (Wildman–Crippen LogP) is 4.27. The maximum Gasteiger partial charge on any atom is 0.0196 e. The normalized spacial score (nSPS) is 17.3. The lowest BCUT2D eigenvalue weighted by atomic mass is 9.91. The van der Waals surface area contributed by atoms with Crippen molar-refractivity contribution in [3.8, 4) is 0 Å². The van der Waals surface area contributed by atoms with Crippen molar-refractivity contribution < 1.29 is 0 Å². The minimum Gasteiger partial charge on any atom is -0.299 e. The number of hydrogen-bond donors (Lipinski definition) is 0. The van der Waals surface area contributed by atoms with E-state index < -0.39 is 0 Å². The molecule has 1 heterocycles. The fourth-order valence-electron chi connectivity index (χ4n) is 2.84. The molecule has 2 rings (SSSR count). The maximum atomic E-state index is 2.60. The van der Waals surface area contributed by atoms with Gasteiger partial charge < -0.3 is 0 Å². The Labute approximate surface area is 112 Å². The SMILES string of the molecule is CCCCN1CCC(c2ccccc2C)=C(C)C1. The Morgan fingerprint density at radius 2 is 1.94 bits per heavy atom. The molecule has 0 spiro atoms. The summed E-state index contributed by atoms with van der Waals surface area (Å²) in [7, 11) is 0. The van der Waals surface area contributed by atoms with Gasteiger partial charge in [0.05, 0.1) is 0 Å². The molecule has 0 fully saturated rings. The molecule has 18 heavy (non-hydrogen) atoms. The van der Waals surface area contributed by atoms with E-state index in [1.54, 1.807) is 11.1 Å². The first-order chi connectivity index (χ1) is 8.72. The standard InChI is InChI=1S/C17H25N/c1-4-5-11-18-12-10-17(15(3)13-18)16-9-7-6-8-14(16)2/h6-9H,4-5,10-13H2,1-3H3. The smallest absolute Gasteiger partial charge is 0.0196 e.